The van der Waals surface area contributed by atoms with E-state index in [4.69, 9.17) is 0 Å². The minimum atomic E-state index is -0.213. The van der Waals surface area contributed by atoms with Crippen molar-refractivity contribution in [1.29, 1.82) is 0 Å². The van der Waals surface area contributed by atoms with Crippen LogP contribution in [0.3, 0.4) is 0 Å². The second-order valence-electron chi connectivity index (χ2n) is 4.95. The molecule has 0 bridgehead atoms. The van der Waals surface area contributed by atoms with Crippen LogP contribution in [0.15, 0.2) is 12.2 Å². The van der Waals surface area contributed by atoms with Crippen molar-refractivity contribution in [3.8, 4) is 0 Å². The van der Waals surface area contributed by atoms with E-state index >= 15 is 0 Å². The minimum absolute atomic E-state index is 0.121. The summed E-state index contributed by atoms with van der Waals surface area (Å²) in [6.45, 7) is 4.32. The molecule has 0 saturated heterocycles. The topological polar surface area (TPSA) is 54.5 Å². The molecule has 1 heterocycles. The van der Waals surface area contributed by atoms with Crippen LogP contribution in [-0.4, -0.2) is 29.0 Å². The Morgan fingerprint density at radius 3 is 2.17 bits per heavy atom. The van der Waals surface area contributed by atoms with Crippen molar-refractivity contribution in [2.75, 3.05) is 6.54 Å². The predicted molar refractivity (Wildman–Crippen MR) is 68.8 cm³/mol. The largest absolute Gasteiger partial charge is 0.299 e. The van der Waals surface area contributed by atoms with Gasteiger partial charge in [0.2, 0.25) is 0 Å². The summed E-state index contributed by atoms with van der Waals surface area (Å²) in [6.07, 6.45) is 6.89. The number of rotatable bonds is 8. The number of amides is 2. The van der Waals surface area contributed by atoms with Crippen molar-refractivity contribution < 1.29 is 14.4 Å². The highest BCUT2D eigenvalue weighted by Gasteiger charge is 2.22. The number of carbonyl (C=O) groups excluding carboxylic acids is 3. The van der Waals surface area contributed by atoms with Gasteiger partial charge in [-0.2, -0.15) is 0 Å². The lowest BCUT2D eigenvalue weighted by atomic mass is 10.0. The van der Waals surface area contributed by atoms with Crippen LogP contribution in [-0.2, 0) is 14.4 Å². The van der Waals surface area contributed by atoms with E-state index < -0.39 is 0 Å². The summed E-state index contributed by atoms with van der Waals surface area (Å²) >= 11 is 0. The van der Waals surface area contributed by atoms with Crippen LogP contribution in [0, 0.1) is 5.92 Å². The van der Waals surface area contributed by atoms with Gasteiger partial charge in [-0.25, -0.2) is 0 Å². The second kappa shape index (κ2) is 7.09. The zero-order chi connectivity index (χ0) is 13.5. The fourth-order valence-electron chi connectivity index (χ4n) is 1.86. The minimum Gasteiger partial charge on any atom is -0.299 e. The highest BCUT2D eigenvalue weighted by Crippen LogP contribution is 2.10. The first kappa shape index (κ1) is 14.6. The van der Waals surface area contributed by atoms with E-state index in [1.807, 2.05) is 13.8 Å². The summed E-state index contributed by atoms with van der Waals surface area (Å²) < 4.78 is 0. The summed E-state index contributed by atoms with van der Waals surface area (Å²) in [5, 5.41) is 0. The fourth-order valence-corrected chi connectivity index (χ4v) is 1.86. The number of unbranched alkanes of at least 4 members (excludes halogenated alkanes) is 3. The zero-order valence-electron chi connectivity index (χ0n) is 11.1. The van der Waals surface area contributed by atoms with Crippen LogP contribution < -0.4 is 0 Å². The molecule has 0 spiro atoms. The van der Waals surface area contributed by atoms with E-state index in [9.17, 15) is 14.4 Å². The molecule has 0 atom stereocenters. The Hall–Kier alpha value is -1.45. The summed E-state index contributed by atoms with van der Waals surface area (Å²) in [5.41, 5.74) is 0. The molecule has 4 heteroatoms. The highest BCUT2D eigenvalue weighted by atomic mass is 16.2. The van der Waals surface area contributed by atoms with Crippen molar-refractivity contribution in [2.24, 2.45) is 5.92 Å². The summed E-state index contributed by atoms with van der Waals surface area (Å²) in [5.74, 6) is 0.00462. The third kappa shape index (κ3) is 4.43. The van der Waals surface area contributed by atoms with Gasteiger partial charge in [0.1, 0.15) is 5.78 Å². The Labute approximate surface area is 108 Å². The van der Waals surface area contributed by atoms with Crippen molar-refractivity contribution in [3.63, 3.8) is 0 Å². The lowest BCUT2D eigenvalue weighted by molar-refractivity contribution is -0.136. The van der Waals surface area contributed by atoms with E-state index in [-0.39, 0.29) is 17.7 Å². The van der Waals surface area contributed by atoms with Gasteiger partial charge in [-0.3, -0.25) is 19.3 Å². The Bertz CT molecular complexity index is 340. The molecule has 4 nitrogen and oxygen atoms in total. The monoisotopic (exact) mass is 251 g/mol. The Balaban J connectivity index is 2.04. The molecule has 0 saturated carbocycles. The average molecular weight is 251 g/mol. The standard InChI is InChI=1S/C14H21NO3/c1-11(2)12(16)7-5-3-4-6-10-15-13(17)8-9-14(15)18/h8-9,11H,3-7,10H2,1-2H3. The summed E-state index contributed by atoms with van der Waals surface area (Å²) in [4.78, 5) is 35.1. The van der Waals surface area contributed by atoms with Crippen LogP contribution in [0.5, 0.6) is 0 Å². The molecular formula is C14H21NO3. The van der Waals surface area contributed by atoms with E-state index in [1.165, 1.54) is 17.1 Å². The van der Waals surface area contributed by atoms with Crippen molar-refractivity contribution in [3.05, 3.63) is 12.2 Å². The molecule has 0 radical (unpaired) electrons. The SMILES string of the molecule is CC(C)C(=O)CCCCCCN1C(=O)C=CC1=O. The van der Waals surface area contributed by atoms with Gasteiger partial charge < -0.3 is 0 Å². The molecule has 0 aromatic carbocycles. The maximum Gasteiger partial charge on any atom is 0.253 e. The third-order valence-corrected chi connectivity index (χ3v) is 3.10. The van der Waals surface area contributed by atoms with Crippen molar-refractivity contribution >= 4 is 17.6 Å². The van der Waals surface area contributed by atoms with E-state index in [0.717, 1.165) is 25.7 Å². The van der Waals surface area contributed by atoms with Gasteiger partial charge in [0.05, 0.1) is 0 Å². The summed E-state index contributed by atoms with van der Waals surface area (Å²) in [7, 11) is 0. The molecule has 1 aliphatic rings. The van der Waals surface area contributed by atoms with Crippen LogP contribution in [0.4, 0.5) is 0 Å². The maximum absolute atomic E-state index is 11.4. The molecule has 18 heavy (non-hydrogen) atoms. The van der Waals surface area contributed by atoms with Crippen LogP contribution in [0.2, 0.25) is 0 Å². The van der Waals surface area contributed by atoms with Crippen molar-refractivity contribution in [2.45, 2.75) is 46.0 Å². The molecular weight excluding hydrogens is 230 g/mol. The van der Waals surface area contributed by atoms with Crippen molar-refractivity contribution in [1.82, 2.24) is 4.90 Å². The third-order valence-electron chi connectivity index (χ3n) is 3.10. The molecule has 0 aromatic heterocycles. The number of imide groups is 1. The highest BCUT2D eigenvalue weighted by molar-refractivity contribution is 6.12. The van der Waals surface area contributed by atoms with Crippen LogP contribution in [0.1, 0.15) is 46.0 Å². The molecule has 0 unspecified atom stereocenters. The van der Waals surface area contributed by atoms with Gasteiger partial charge in [0.15, 0.2) is 0 Å². The molecule has 2 amide bonds. The Morgan fingerprint density at radius 1 is 1.06 bits per heavy atom. The maximum atomic E-state index is 11.4. The molecule has 0 fully saturated rings. The van der Waals surface area contributed by atoms with Gasteiger partial charge in [0.25, 0.3) is 11.8 Å². The summed E-state index contributed by atoms with van der Waals surface area (Å²) in [6, 6.07) is 0. The Kier molecular flexibility index (Phi) is 5.75. The Morgan fingerprint density at radius 2 is 1.61 bits per heavy atom. The van der Waals surface area contributed by atoms with E-state index in [1.54, 1.807) is 0 Å². The van der Waals surface area contributed by atoms with Crippen LogP contribution in [0.25, 0.3) is 0 Å². The normalized spacial score (nSPS) is 14.9. The lowest BCUT2D eigenvalue weighted by Gasteiger charge is -2.13. The number of nitrogens with zero attached hydrogens (tertiary/aromatic N) is 1. The first-order valence-corrected chi connectivity index (χ1v) is 6.58. The van der Waals surface area contributed by atoms with Gasteiger partial charge in [-0.15, -0.1) is 0 Å². The molecule has 0 aromatic rings. The van der Waals surface area contributed by atoms with Gasteiger partial charge in [-0.1, -0.05) is 26.7 Å². The smallest absolute Gasteiger partial charge is 0.253 e. The molecule has 0 N–H and O–H groups in total. The zero-order valence-corrected chi connectivity index (χ0v) is 11.1. The fraction of sp³-hybridized carbons (Fsp3) is 0.643. The average Bonchev–Trinajstić information content (AvgIpc) is 2.64. The number of ketones is 1. The number of hydrogen-bond donors (Lipinski definition) is 0. The molecule has 1 rings (SSSR count). The van der Waals surface area contributed by atoms with Gasteiger partial charge in [0, 0.05) is 31.0 Å². The van der Waals surface area contributed by atoms with Gasteiger partial charge >= 0.3 is 0 Å². The first-order chi connectivity index (χ1) is 8.52. The predicted octanol–water partition coefficient (Wildman–Crippen LogP) is 2.09. The van der Waals surface area contributed by atoms with Crippen LogP contribution >= 0.6 is 0 Å². The number of Topliss-reactive ketones (excluding diaryl/α,β-unsaturated/α-hetero) is 1. The van der Waals surface area contributed by atoms with Gasteiger partial charge in [-0.05, 0) is 12.8 Å². The molecule has 1 aliphatic heterocycles. The van der Waals surface area contributed by atoms with E-state index in [0.29, 0.717) is 18.7 Å². The molecule has 100 valence electrons. The lowest BCUT2D eigenvalue weighted by Crippen LogP contribution is -2.30. The molecule has 0 aliphatic carbocycles. The van der Waals surface area contributed by atoms with E-state index in [2.05, 4.69) is 0 Å². The first-order valence-electron chi connectivity index (χ1n) is 6.58. The number of carbonyl (C=O) groups is 3. The quantitative estimate of drug-likeness (QED) is 0.490. The number of hydrogen-bond acceptors (Lipinski definition) is 3. The second-order valence-corrected chi connectivity index (χ2v) is 4.95.